The van der Waals surface area contributed by atoms with Gasteiger partial charge in [0, 0.05) is 6.54 Å². The van der Waals surface area contributed by atoms with Crippen LogP contribution in [0.4, 0.5) is 0 Å². The van der Waals surface area contributed by atoms with Crippen LogP contribution in [-0.4, -0.2) is 6.54 Å². The Balaban J connectivity index is 2.02. The first-order valence-electron chi connectivity index (χ1n) is 6.96. The molecule has 0 saturated carbocycles. The van der Waals surface area contributed by atoms with Crippen LogP contribution < -0.4 is 5.32 Å². The van der Waals surface area contributed by atoms with E-state index in [1.54, 1.807) is 0 Å². The van der Waals surface area contributed by atoms with Crippen molar-refractivity contribution in [3.63, 3.8) is 0 Å². The van der Waals surface area contributed by atoms with Gasteiger partial charge in [0.25, 0.3) is 0 Å². The average Bonchev–Trinajstić information content (AvgIpc) is 2.47. The van der Waals surface area contributed by atoms with Crippen LogP contribution in [0.3, 0.4) is 0 Å². The molecule has 0 fully saturated rings. The molecule has 1 N–H and O–H groups in total. The molecule has 106 valence electrons. The summed E-state index contributed by atoms with van der Waals surface area (Å²) < 4.78 is 0. The van der Waals surface area contributed by atoms with Crippen molar-refractivity contribution in [2.45, 2.75) is 26.3 Å². The van der Waals surface area contributed by atoms with E-state index in [1.807, 2.05) is 18.2 Å². The topological polar surface area (TPSA) is 12.0 Å². The molecule has 2 rings (SSSR count). The smallest absolute Gasteiger partial charge is 0.0598 e. The number of nitrogens with one attached hydrogen (secondary N) is 1. The minimum absolute atomic E-state index is 0.590. The van der Waals surface area contributed by atoms with E-state index in [2.05, 4.69) is 36.5 Å². The second-order valence-corrected chi connectivity index (χ2v) is 5.67. The van der Waals surface area contributed by atoms with Crippen LogP contribution >= 0.6 is 23.2 Å². The Bertz CT molecular complexity index is 549. The quantitative estimate of drug-likeness (QED) is 0.690. The van der Waals surface area contributed by atoms with Gasteiger partial charge in [-0.1, -0.05) is 66.9 Å². The molecule has 0 unspecified atom stereocenters. The van der Waals surface area contributed by atoms with Gasteiger partial charge in [-0.05, 0) is 41.8 Å². The summed E-state index contributed by atoms with van der Waals surface area (Å²) in [4.78, 5) is 0. The van der Waals surface area contributed by atoms with E-state index in [0.29, 0.717) is 10.0 Å². The third kappa shape index (κ3) is 4.24. The van der Waals surface area contributed by atoms with E-state index < -0.39 is 0 Å². The van der Waals surface area contributed by atoms with Crippen LogP contribution in [-0.2, 0) is 6.54 Å². The highest BCUT2D eigenvalue weighted by Gasteiger charge is 2.02. The number of unbranched alkanes of at least 4 members (excludes halogenated alkanes) is 1. The molecule has 0 amide bonds. The summed E-state index contributed by atoms with van der Waals surface area (Å²) in [6, 6.07) is 14.3. The maximum absolute atomic E-state index is 6.05. The minimum atomic E-state index is 0.590. The zero-order chi connectivity index (χ0) is 14.4. The predicted octanol–water partition coefficient (Wildman–Crippen LogP) is 5.55. The zero-order valence-electron chi connectivity index (χ0n) is 11.6. The molecular weight excluding hydrogens is 289 g/mol. The van der Waals surface area contributed by atoms with Crippen LogP contribution in [0.15, 0.2) is 42.5 Å². The summed E-state index contributed by atoms with van der Waals surface area (Å²) in [5.74, 6) is 0. The highest BCUT2D eigenvalue weighted by Crippen LogP contribution is 2.28. The zero-order valence-corrected chi connectivity index (χ0v) is 13.1. The second-order valence-electron chi connectivity index (χ2n) is 4.86. The predicted molar refractivity (Wildman–Crippen MR) is 88.5 cm³/mol. The van der Waals surface area contributed by atoms with Gasteiger partial charge in [0.1, 0.15) is 0 Å². The average molecular weight is 308 g/mol. The highest BCUT2D eigenvalue weighted by molar-refractivity contribution is 6.42. The van der Waals surface area contributed by atoms with Crippen molar-refractivity contribution in [3.05, 3.63) is 58.1 Å². The minimum Gasteiger partial charge on any atom is -0.313 e. The molecule has 0 heterocycles. The summed E-state index contributed by atoms with van der Waals surface area (Å²) in [5.41, 5.74) is 3.54. The largest absolute Gasteiger partial charge is 0.313 e. The van der Waals surface area contributed by atoms with Gasteiger partial charge < -0.3 is 5.32 Å². The molecular formula is C17H19Cl2N. The Hall–Kier alpha value is -1.02. The molecule has 2 aromatic rings. The van der Waals surface area contributed by atoms with E-state index in [-0.39, 0.29) is 0 Å². The van der Waals surface area contributed by atoms with Gasteiger partial charge >= 0.3 is 0 Å². The number of rotatable bonds is 6. The van der Waals surface area contributed by atoms with Gasteiger partial charge in [0.2, 0.25) is 0 Å². The Morgan fingerprint density at radius 3 is 2.25 bits per heavy atom. The highest BCUT2D eigenvalue weighted by atomic mass is 35.5. The van der Waals surface area contributed by atoms with Crippen molar-refractivity contribution in [1.29, 1.82) is 0 Å². The number of hydrogen-bond donors (Lipinski definition) is 1. The molecule has 0 saturated heterocycles. The molecule has 0 bridgehead atoms. The van der Waals surface area contributed by atoms with Crippen molar-refractivity contribution >= 4 is 23.2 Å². The van der Waals surface area contributed by atoms with E-state index >= 15 is 0 Å². The van der Waals surface area contributed by atoms with E-state index in [1.165, 1.54) is 18.4 Å². The number of halogens is 2. The Labute approximate surface area is 130 Å². The van der Waals surface area contributed by atoms with Gasteiger partial charge in [-0.3, -0.25) is 0 Å². The SMILES string of the molecule is CCCCNCc1ccc(-c2ccc(Cl)c(Cl)c2)cc1. The van der Waals surface area contributed by atoms with E-state index in [9.17, 15) is 0 Å². The first kappa shape index (κ1) is 15.4. The molecule has 0 atom stereocenters. The van der Waals surface area contributed by atoms with Crippen molar-refractivity contribution in [1.82, 2.24) is 5.32 Å². The van der Waals surface area contributed by atoms with E-state index in [0.717, 1.165) is 24.2 Å². The van der Waals surface area contributed by atoms with Gasteiger partial charge in [-0.15, -0.1) is 0 Å². The molecule has 0 aromatic heterocycles. The third-order valence-electron chi connectivity index (χ3n) is 3.24. The summed E-state index contributed by atoms with van der Waals surface area (Å²) in [6.45, 7) is 4.19. The van der Waals surface area contributed by atoms with Crippen molar-refractivity contribution in [2.75, 3.05) is 6.54 Å². The molecule has 0 aliphatic rings. The third-order valence-corrected chi connectivity index (χ3v) is 3.98. The molecule has 2 aromatic carbocycles. The fourth-order valence-corrected chi connectivity index (χ4v) is 2.32. The van der Waals surface area contributed by atoms with Crippen LogP contribution in [0.1, 0.15) is 25.3 Å². The lowest BCUT2D eigenvalue weighted by Crippen LogP contribution is -2.14. The lowest BCUT2D eigenvalue weighted by Gasteiger charge is -2.07. The Kier molecular flexibility index (Phi) is 5.90. The van der Waals surface area contributed by atoms with Crippen LogP contribution in [0, 0.1) is 0 Å². The van der Waals surface area contributed by atoms with Gasteiger partial charge in [-0.25, -0.2) is 0 Å². The molecule has 0 aliphatic heterocycles. The summed E-state index contributed by atoms with van der Waals surface area (Å²) in [5, 5.41) is 4.62. The van der Waals surface area contributed by atoms with Crippen molar-refractivity contribution in [3.8, 4) is 11.1 Å². The molecule has 0 spiro atoms. The van der Waals surface area contributed by atoms with E-state index in [4.69, 9.17) is 23.2 Å². The summed E-state index contributed by atoms with van der Waals surface area (Å²) in [6.07, 6.45) is 2.45. The lowest BCUT2D eigenvalue weighted by atomic mass is 10.0. The normalized spacial score (nSPS) is 10.8. The summed E-state index contributed by atoms with van der Waals surface area (Å²) in [7, 11) is 0. The van der Waals surface area contributed by atoms with Crippen LogP contribution in [0.2, 0.25) is 10.0 Å². The monoisotopic (exact) mass is 307 g/mol. The van der Waals surface area contributed by atoms with Gasteiger partial charge in [0.15, 0.2) is 0 Å². The van der Waals surface area contributed by atoms with Gasteiger partial charge in [-0.2, -0.15) is 0 Å². The molecule has 0 radical (unpaired) electrons. The molecule has 1 nitrogen and oxygen atoms in total. The lowest BCUT2D eigenvalue weighted by molar-refractivity contribution is 0.641. The molecule has 0 aliphatic carbocycles. The number of hydrogen-bond acceptors (Lipinski definition) is 1. The summed E-state index contributed by atoms with van der Waals surface area (Å²) >= 11 is 12.0. The molecule has 3 heteroatoms. The van der Waals surface area contributed by atoms with Gasteiger partial charge in [0.05, 0.1) is 10.0 Å². The Morgan fingerprint density at radius 2 is 1.60 bits per heavy atom. The fraction of sp³-hybridized carbons (Fsp3) is 0.294. The first-order chi connectivity index (χ1) is 9.70. The maximum atomic E-state index is 6.05. The van der Waals surface area contributed by atoms with Crippen LogP contribution in [0.25, 0.3) is 11.1 Å². The standard InChI is InChI=1S/C17H19Cl2N/c1-2-3-10-20-12-13-4-6-14(7-5-13)15-8-9-16(18)17(19)11-15/h4-9,11,20H,2-3,10,12H2,1H3. The van der Waals surface area contributed by atoms with Crippen molar-refractivity contribution in [2.24, 2.45) is 0 Å². The Morgan fingerprint density at radius 1 is 0.900 bits per heavy atom. The molecule has 20 heavy (non-hydrogen) atoms. The number of benzene rings is 2. The van der Waals surface area contributed by atoms with Crippen LogP contribution in [0.5, 0.6) is 0 Å². The maximum Gasteiger partial charge on any atom is 0.0598 e. The first-order valence-corrected chi connectivity index (χ1v) is 7.71. The fourth-order valence-electron chi connectivity index (χ4n) is 2.03. The van der Waals surface area contributed by atoms with Crippen molar-refractivity contribution < 1.29 is 0 Å². The second kappa shape index (κ2) is 7.68.